The Labute approximate surface area is 225 Å². The van der Waals surface area contributed by atoms with Crippen molar-refractivity contribution in [3.63, 3.8) is 0 Å². The van der Waals surface area contributed by atoms with E-state index in [0.29, 0.717) is 28.2 Å². The van der Waals surface area contributed by atoms with Crippen molar-refractivity contribution in [1.82, 2.24) is 19.7 Å². The van der Waals surface area contributed by atoms with Crippen molar-refractivity contribution in [2.45, 2.75) is 25.6 Å². The molecule has 0 saturated heterocycles. The molecule has 0 bridgehead atoms. The van der Waals surface area contributed by atoms with Gasteiger partial charge in [-0.15, -0.1) is 0 Å². The van der Waals surface area contributed by atoms with Crippen molar-refractivity contribution in [3.8, 4) is 17.1 Å². The molecule has 0 fully saturated rings. The van der Waals surface area contributed by atoms with Crippen LogP contribution in [0, 0.1) is 0 Å². The Balaban J connectivity index is 1.64. The van der Waals surface area contributed by atoms with Gasteiger partial charge in [0.2, 0.25) is 0 Å². The van der Waals surface area contributed by atoms with E-state index in [1.165, 1.54) is 23.1 Å². The second kappa shape index (κ2) is 9.79. The van der Waals surface area contributed by atoms with Crippen LogP contribution in [0.2, 0.25) is 5.02 Å². The maximum Gasteiger partial charge on any atom is 0.417 e. The topological polar surface area (TPSA) is 92.9 Å². The standard InChI is InChI=1S/C28H21ClF3N5O2/c1-27(2,39)16-9-10-18-23(13-16)36-37(17-7-4-3-5-8-17)25(18)35-26(38)20-14-19(24-33-11-6-12-34-24)21(15-22(20)29)28(30,31)32/h3-15,39H,1-2H3,(H,35,38). The second-order valence-corrected chi connectivity index (χ2v) is 9.70. The second-order valence-electron chi connectivity index (χ2n) is 9.29. The molecule has 0 spiro atoms. The summed E-state index contributed by atoms with van der Waals surface area (Å²) in [7, 11) is 0. The van der Waals surface area contributed by atoms with Crippen LogP contribution in [-0.2, 0) is 11.8 Å². The van der Waals surface area contributed by atoms with E-state index in [1.807, 2.05) is 6.07 Å². The van der Waals surface area contributed by atoms with Gasteiger partial charge < -0.3 is 10.4 Å². The van der Waals surface area contributed by atoms with Crippen molar-refractivity contribution in [1.29, 1.82) is 0 Å². The van der Waals surface area contributed by atoms with Crippen LogP contribution in [0.25, 0.3) is 28.0 Å². The van der Waals surface area contributed by atoms with Gasteiger partial charge in [-0.05, 0) is 61.9 Å². The molecular weight excluding hydrogens is 531 g/mol. The highest BCUT2D eigenvalue weighted by Gasteiger charge is 2.36. The quantitative estimate of drug-likeness (QED) is 0.256. The van der Waals surface area contributed by atoms with Gasteiger partial charge in [0.05, 0.1) is 33.0 Å². The number of anilines is 1. The average Bonchev–Trinajstić information content (AvgIpc) is 3.26. The van der Waals surface area contributed by atoms with Gasteiger partial charge in [0.15, 0.2) is 5.82 Å². The number of hydrogen-bond acceptors (Lipinski definition) is 5. The van der Waals surface area contributed by atoms with Crippen molar-refractivity contribution in [2.75, 3.05) is 5.32 Å². The number of para-hydroxylation sites is 1. The van der Waals surface area contributed by atoms with Gasteiger partial charge in [-0.1, -0.05) is 35.9 Å². The maximum atomic E-state index is 13.8. The lowest BCUT2D eigenvalue weighted by atomic mass is 9.97. The third kappa shape index (κ3) is 5.21. The maximum absolute atomic E-state index is 13.8. The Morgan fingerprint density at radius 1 is 0.974 bits per heavy atom. The molecule has 198 valence electrons. The van der Waals surface area contributed by atoms with Crippen LogP contribution in [0.1, 0.15) is 35.3 Å². The summed E-state index contributed by atoms with van der Waals surface area (Å²) >= 11 is 6.22. The van der Waals surface area contributed by atoms with Crippen LogP contribution in [0.15, 0.2) is 79.1 Å². The van der Waals surface area contributed by atoms with Gasteiger partial charge in [0.1, 0.15) is 5.82 Å². The molecule has 0 saturated carbocycles. The number of alkyl halides is 3. The molecule has 0 atom stereocenters. The largest absolute Gasteiger partial charge is 0.417 e. The summed E-state index contributed by atoms with van der Waals surface area (Å²) in [6, 6.07) is 17.3. The minimum Gasteiger partial charge on any atom is -0.386 e. The van der Waals surface area contributed by atoms with E-state index >= 15 is 0 Å². The summed E-state index contributed by atoms with van der Waals surface area (Å²) in [4.78, 5) is 21.4. The van der Waals surface area contributed by atoms with Crippen LogP contribution in [0.5, 0.6) is 0 Å². The molecule has 3 aromatic carbocycles. The zero-order valence-electron chi connectivity index (χ0n) is 20.7. The first-order chi connectivity index (χ1) is 18.4. The highest BCUT2D eigenvalue weighted by atomic mass is 35.5. The molecule has 2 N–H and O–H groups in total. The first-order valence-electron chi connectivity index (χ1n) is 11.7. The van der Waals surface area contributed by atoms with E-state index < -0.39 is 23.2 Å². The van der Waals surface area contributed by atoms with E-state index in [9.17, 15) is 23.1 Å². The fourth-order valence-electron chi connectivity index (χ4n) is 4.12. The molecule has 5 aromatic rings. The third-order valence-electron chi connectivity index (χ3n) is 6.08. The molecule has 7 nitrogen and oxygen atoms in total. The molecule has 1 amide bonds. The summed E-state index contributed by atoms with van der Waals surface area (Å²) in [5.74, 6) is -0.678. The minimum atomic E-state index is -4.76. The number of rotatable bonds is 5. The molecule has 39 heavy (non-hydrogen) atoms. The molecule has 2 heterocycles. The van der Waals surface area contributed by atoms with Gasteiger partial charge in [-0.2, -0.15) is 18.3 Å². The van der Waals surface area contributed by atoms with Gasteiger partial charge in [0, 0.05) is 23.3 Å². The molecule has 0 aliphatic heterocycles. The van der Waals surface area contributed by atoms with Crippen molar-refractivity contribution in [3.05, 3.63) is 101 Å². The van der Waals surface area contributed by atoms with Crippen molar-refractivity contribution >= 4 is 34.2 Å². The zero-order valence-corrected chi connectivity index (χ0v) is 21.4. The predicted molar refractivity (Wildman–Crippen MR) is 142 cm³/mol. The molecule has 0 radical (unpaired) electrons. The van der Waals surface area contributed by atoms with Gasteiger partial charge in [-0.3, -0.25) is 4.79 Å². The number of nitrogens with one attached hydrogen (secondary N) is 1. The van der Waals surface area contributed by atoms with Crippen molar-refractivity contribution < 1.29 is 23.1 Å². The van der Waals surface area contributed by atoms with Gasteiger partial charge >= 0.3 is 6.18 Å². The fourth-order valence-corrected chi connectivity index (χ4v) is 4.37. The first-order valence-corrected chi connectivity index (χ1v) is 12.1. The first kappa shape index (κ1) is 26.3. The molecule has 2 aromatic heterocycles. The Morgan fingerprint density at radius 2 is 1.67 bits per heavy atom. The lowest BCUT2D eigenvalue weighted by molar-refractivity contribution is -0.137. The van der Waals surface area contributed by atoms with Gasteiger partial charge in [-0.25, -0.2) is 14.6 Å². The van der Waals surface area contributed by atoms with Crippen LogP contribution in [-0.4, -0.2) is 30.8 Å². The molecule has 0 aliphatic rings. The van der Waals surface area contributed by atoms with Crippen molar-refractivity contribution in [2.24, 2.45) is 0 Å². The normalized spacial score (nSPS) is 12.1. The SMILES string of the molecule is CC(C)(O)c1ccc2c(NC(=O)c3cc(-c4ncccn4)c(C(F)(F)F)cc3Cl)n(-c3ccccc3)nc2c1. The number of carbonyl (C=O) groups excluding carboxylic acids is 1. The van der Waals surface area contributed by atoms with Gasteiger partial charge in [0.25, 0.3) is 5.91 Å². The molecule has 0 unspecified atom stereocenters. The van der Waals surface area contributed by atoms with Crippen LogP contribution < -0.4 is 5.32 Å². The van der Waals surface area contributed by atoms with Crippen LogP contribution in [0.4, 0.5) is 19.0 Å². The number of nitrogens with zero attached hydrogens (tertiary/aromatic N) is 4. The molecular formula is C28H21ClF3N5O2. The number of carbonyl (C=O) groups is 1. The lowest BCUT2D eigenvalue weighted by Gasteiger charge is -2.17. The molecule has 5 rings (SSSR count). The Bertz CT molecular complexity index is 1680. The smallest absolute Gasteiger partial charge is 0.386 e. The molecule has 11 heteroatoms. The zero-order chi connectivity index (χ0) is 27.9. The minimum absolute atomic E-state index is 0.200. The lowest BCUT2D eigenvalue weighted by Crippen LogP contribution is -2.17. The monoisotopic (exact) mass is 551 g/mol. The number of hydrogen-bond donors (Lipinski definition) is 2. The number of amides is 1. The van der Waals surface area contributed by atoms with E-state index in [1.54, 1.807) is 56.3 Å². The van der Waals surface area contributed by atoms with E-state index in [2.05, 4.69) is 20.4 Å². The Morgan fingerprint density at radius 3 is 2.31 bits per heavy atom. The van der Waals surface area contributed by atoms with E-state index in [0.717, 1.165) is 6.07 Å². The molecule has 0 aliphatic carbocycles. The van der Waals surface area contributed by atoms with E-state index in [-0.39, 0.29) is 27.8 Å². The highest BCUT2D eigenvalue weighted by molar-refractivity contribution is 6.34. The summed E-state index contributed by atoms with van der Waals surface area (Å²) in [5.41, 5.74) is -1.03. The number of aliphatic hydroxyl groups is 1. The van der Waals surface area contributed by atoms with E-state index in [4.69, 9.17) is 11.6 Å². The number of benzene rings is 3. The average molecular weight is 552 g/mol. The summed E-state index contributed by atoms with van der Waals surface area (Å²) in [6.07, 6.45) is -2.14. The van der Waals surface area contributed by atoms with Crippen LogP contribution in [0.3, 0.4) is 0 Å². The fraction of sp³-hybridized carbons (Fsp3) is 0.143. The van der Waals surface area contributed by atoms with Crippen LogP contribution >= 0.6 is 11.6 Å². The Hall–Kier alpha value is -4.28. The summed E-state index contributed by atoms with van der Waals surface area (Å²) in [6.45, 7) is 3.29. The number of fused-ring (bicyclic) bond motifs is 1. The third-order valence-corrected chi connectivity index (χ3v) is 6.39. The Kier molecular flexibility index (Phi) is 6.61. The number of aromatic nitrogens is 4. The number of halogens is 4. The predicted octanol–water partition coefficient (Wildman–Crippen LogP) is 6.63. The highest BCUT2D eigenvalue weighted by Crippen LogP contribution is 2.39. The summed E-state index contributed by atoms with van der Waals surface area (Å²) < 4.78 is 43.0. The summed E-state index contributed by atoms with van der Waals surface area (Å²) in [5, 5.41) is 18.0.